The molecule has 1 amide bonds. The third-order valence-electron chi connectivity index (χ3n) is 1.46. The van der Waals surface area contributed by atoms with Crippen LogP contribution in [-0.4, -0.2) is 33.6 Å². The minimum Gasteiger partial charge on any atom is -0.750 e. The first-order valence-electron chi connectivity index (χ1n) is 3.30. The van der Waals surface area contributed by atoms with Gasteiger partial charge in [-0.05, 0) is 6.92 Å². The number of carbonyl (C=O) groups is 1. The summed E-state index contributed by atoms with van der Waals surface area (Å²) >= 11 is -2.57. The Morgan fingerprint density at radius 2 is 2.58 bits per heavy atom. The third-order valence-corrected chi connectivity index (χ3v) is 1.92. The van der Waals surface area contributed by atoms with E-state index in [2.05, 4.69) is 14.2 Å². The predicted molar refractivity (Wildman–Crippen MR) is 37.7 cm³/mol. The molecule has 1 aliphatic heterocycles. The van der Waals surface area contributed by atoms with Crippen LogP contribution in [0.25, 0.3) is 0 Å². The molecule has 0 saturated carbocycles. The zero-order valence-corrected chi connectivity index (χ0v) is 7.13. The summed E-state index contributed by atoms with van der Waals surface area (Å²) in [5.74, 6) is 0. The first-order valence-corrected chi connectivity index (χ1v) is 4.30. The largest absolute Gasteiger partial charge is 0.750 e. The number of ether oxygens (including phenoxy) is 1. The van der Waals surface area contributed by atoms with E-state index in [4.69, 9.17) is 0 Å². The molecule has 1 fully saturated rings. The van der Waals surface area contributed by atoms with Gasteiger partial charge in [-0.25, -0.2) is 9.00 Å². The molecule has 0 aromatic rings. The zero-order chi connectivity index (χ0) is 9.14. The van der Waals surface area contributed by atoms with Crippen molar-refractivity contribution >= 4 is 17.5 Å². The molecular formula is C5H8NO5S-. The van der Waals surface area contributed by atoms with Crippen LogP contribution in [-0.2, 0) is 20.3 Å². The molecule has 1 rings (SSSR count). The van der Waals surface area contributed by atoms with Gasteiger partial charge in [0, 0.05) is 0 Å². The van der Waals surface area contributed by atoms with E-state index in [1.165, 1.54) is 6.92 Å². The van der Waals surface area contributed by atoms with E-state index >= 15 is 0 Å². The van der Waals surface area contributed by atoms with Gasteiger partial charge in [-0.1, -0.05) is 0 Å². The van der Waals surface area contributed by atoms with Crippen LogP contribution < -0.4 is 5.32 Å². The van der Waals surface area contributed by atoms with Gasteiger partial charge in [0.05, 0.1) is 17.9 Å². The minimum atomic E-state index is -2.57. The molecule has 7 heteroatoms. The van der Waals surface area contributed by atoms with E-state index in [1.54, 1.807) is 0 Å². The Kier molecular flexibility index (Phi) is 3.01. The SMILES string of the molecule is CC(OS(=O)[O-])C1CNC(=O)O1. The summed E-state index contributed by atoms with van der Waals surface area (Å²) in [6.07, 6.45) is -1.73. The number of hydrogen-bond donors (Lipinski definition) is 1. The van der Waals surface area contributed by atoms with Crippen molar-refractivity contribution < 1.29 is 22.5 Å². The quantitative estimate of drug-likeness (QED) is 0.600. The highest BCUT2D eigenvalue weighted by Crippen LogP contribution is 2.08. The van der Waals surface area contributed by atoms with E-state index < -0.39 is 29.7 Å². The van der Waals surface area contributed by atoms with Gasteiger partial charge >= 0.3 is 6.09 Å². The summed E-state index contributed by atoms with van der Waals surface area (Å²) in [6.45, 7) is 1.79. The van der Waals surface area contributed by atoms with E-state index in [0.29, 0.717) is 0 Å². The van der Waals surface area contributed by atoms with Crippen molar-refractivity contribution in [1.82, 2.24) is 5.32 Å². The maximum Gasteiger partial charge on any atom is 0.407 e. The van der Waals surface area contributed by atoms with Gasteiger partial charge in [0.1, 0.15) is 12.2 Å². The summed E-state index contributed by atoms with van der Waals surface area (Å²) < 4.78 is 29.2. The first kappa shape index (κ1) is 9.43. The van der Waals surface area contributed by atoms with Crippen molar-refractivity contribution in [3.8, 4) is 0 Å². The predicted octanol–water partition coefficient (Wildman–Crippen LogP) is -0.706. The number of carbonyl (C=O) groups excluding carboxylic acids is 1. The Morgan fingerprint density at radius 1 is 1.92 bits per heavy atom. The van der Waals surface area contributed by atoms with Crippen molar-refractivity contribution in [2.24, 2.45) is 0 Å². The monoisotopic (exact) mass is 194 g/mol. The number of rotatable bonds is 3. The highest BCUT2D eigenvalue weighted by molar-refractivity contribution is 7.74. The lowest BCUT2D eigenvalue weighted by atomic mass is 10.2. The summed E-state index contributed by atoms with van der Waals surface area (Å²) in [5, 5.41) is 2.38. The van der Waals surface area contributed by atoms with Gasteiger partial charge in [0.15, 0.2) is 0 Å². The van der Waals surface area contributed by atoms with Gasteiger partial charge in [-0.15, -0.1) is 0 Å². The fourth-order valence-corrected chi connectivity index (χ4v) is 1.22. The van der Waals surface area contributed by atoms with Gasteiger partial charge < -0.3 is 14.6 Å². The van der Waals surface area contributed by atoms with Crippen LogP contribution in [0.3, 0.4) is 0 Å². The van der Waals surface area contributed by atoms with Crippen molar-refractivity contribution in [1.29, 1.82) is 0 Å². The summed E-state index contributed by atoms with van der Waals surface area (Å²) in [7, 11) is 0. The number of amides is 1. The number of nitrogens with one attached hydrogen (secondary N) is 1. The highest BCUT2D eigenvalue weighted by atomic mass is 32.2. The van der Waals surface area contributed by atoms with Crippen LogP contribution in [0.2, 0.25) is 0 Å². The molecular weight excluding hydrogens is 186 g/mol. The topological polar surface area (TPSA) is 87.7 Å². The van der Waals surface area contributed by atoms with E-state index in [1.807, 2.05) is 0 Å². The lowest BCUT2D eigenvalue weighted by Gasteiger charge is -2.17. The molecule has 0 aliphatic carbocycles. The second-order valence-corrected chi connectivity index (χ2v) is 2.93. The van der Waals surface area contributed by atoms with E-state index in [9.17, 15) is 13.6 Å². The molecule has 3 unspecified atom stereocenters. The van der Waals surface area contributed by atoms with Crippen LogP contribution in [0.5, 0.6) is 0 Å². The maximum atomic E-state index is 10.5. The maximum absolute atomic E-state index is 10.5. The third kappa shape index (κ3) is 2.43. The van der Waals surface area contributed by atoms with Crippen molar-refractivity contribution in [2.45, 2.75) is 19.1 Å². The molecule has 1 saturated heterocycles. The molecule has 1 N–H and O–H groups in total. The molecule has 70 valence electrons. The standard InChI is InChI=1S/C5H9NO5S/c1-3(11-12(8)9)4-2-6-5(7)10-4/h3-4H,2H2,1H3,(H,6,7)(H,8,9)/p-1. The Labute approximate surface area is 71.7 Å². The summed E-state index contributed by atoms with van der Waals surface area (Å²) in [6, 6.07) is 0. The molecule has 12 heavy (non-hydrogen) atoms. The lowest BCUT2D eigenvalue weighted by Crippen LogP contribution is -2.29. The molecule has 0 aromatic heterocycles. The second-order valence-electron chi connectivity index (χ2n) is 2.33. The van der Waals surface area contributed by atoms with Crippen LogP contribution in [0, 0.1) is 0 Å². The molecule has 1 heterocycles. The van der Waals surface area contributed by atoms with Crippen molar-refractivity contribution in [3.05, 3.63) is 0 Å². The molecule has 3 atom stereocenters. The molecule has 6 nitrogen and oxygen atoms in total. The van der Waals surface area contributed by atoms with Crippen LogP contribution in [0.4, 0.5) is 4.79 Å². The first-order chi connectivity index (χ1) is 5.59. The zero-order valence-electron chi connectivity index (χ0n) is 6.31. The van der Waals surface area contributed by atoms with Crippen LogP contribution in [0.1, 0.15) is 6.92 Å². The number of cyclic esters (lactones) is 1. The Bertz CT molecular complexity index is 208. The smallest absolute Gasteiger partial charge is 0.407 e. The molecule has 0 spiro atoms. The van der Waals surface area contributed by atoms with Crippen LogP contribution in [0.15, 0.2) is 0 Å². The van der Waals surface area contributed by atoms with Gasteiger partial charge in [0.2, 0.25) is 0 Å². The Balaban J connectivity index is 2.37. The Hall–Kier alpha value is -0.660. The fraction of sp³-hybridized carbons (Fsp3) is 0.800. The summed E-state index contributed by atoms with van der Waals surface area (Å²) in [4.78, 5) is 10.5. The molecule has 1 aliphatic rings. The van der Waals surface area contributed by atoms with Crippen LogP contribution >= 0.6 is 0 Å². The van der Waals surface area contributed by atoms with Gasteiger partial charge in [0.25, 0.3) is 0 Å². The average molecular weight is 194 g/mol. The summed E-state index contributed by atoms with van der Waals surface area (Å²) in [5.41, 5.74) is 0. The van der Waals surface area contributed by atoms with Crippen molar-refractivity contribution in [3.63, 3.8) is 0 Å². The van der Waals surface area contributed by atoms with Crippen molar-refractivity contribution in [2.75, 3.05) is 6.54 Å². The normalized spacial score (nSPS) is 27.5. The van der Waals surface area contributed by atoms with E-state index in [-0.39, 0.29) is 6.54 Å². The highest BCUT2D eigenvalue weighted by Gasteiger charge is 2.28. The fourth-order valence-electron chi connectivity index (χ4n) is 0.852. The average Bonchev–Trinajstić information content (AvgIpc) is 2.34. The van der Waals surface area contributed by atoms with Gasteiger partial charge in [-0.2, -0.15) is 0 Å². The Morgan fingerprint density at radius 3 is 3.00 bits per heavy atom. The molecule has 0 aromatic carbocycles. The number of alkyl carbamates (subject to hydrolysis) is 1. The minimum absolute atomic E-state index is 0.275. The lowest BCUT2D eigenvalue weighted by molar-refractivity contribution is 0.0596. The number of hydrogen-bond acceptors (Lipinski definition) is 5. The van der Waals surface area contributed by atoms with Gasteiger partial charge in [-0.3, -0.25) is 4.18 Å². The van der Waals surface area contributed by atoms with E-state index in [0.717, 1.165) is 0 Å². The molecule has 0 bridgehead atoms. The molecule has 0 radical (unpaired) electrons. The second kappa shape index (κ2) is 3.83.